The molecule has 0 unspecified atom stereocenters. The normalized spacial score (nSPS) is 12.4. The molecule has 168 valence electrons. The van der Waals surface area contributed by atoms with Crippen LogP contribution in [0.2, 0.25) is 0 Å². The molecule has 0 aliphatic heterocycles. The molecule has 0 spiro atoms. The van der Waals surface area contributed by atoms with E-state index in [4.69, 9.17) is 9.40 Å². The largest absolute Gasteiger partial charge is 0.456 e. The van der Waals surface area contributed by atoms with E-state index < -0.39 is 0 Å². The summed E-state index contributed by atoms with van der Waals surface area (Å²) in [6, 6.07) is 34.4. The summed E-state index contributed by atoms with van der Waals surface area (Å²) in [5.74, 6) is 0. The first kappa shape index (κ1) is 19.1. The molecule has 0 N–H and O–H groups in total. The standard InChI is InChI=1S/C31H16N2OS2/c1-4-10-23-17(7-1)19-13-14-20-18-8-3-6-12-26(18)35-29(20)28(19)33(23)31-32-22-15-16-25-27(30(22)36-31)21-9-2-5-11-24(21)34-25/h1-16H. The van der Waals surface area contributed by atoms with Gasteiger partial charge in [-0.1, -0.05) is 78.1 Å². The average Bonchev–Trinajstić information content (AvgIpc) is 3.67. The van der Waals surface area contributed by atoms with Crippen LogP contribution in [0.25, 0.3) is 79.3 Å². The van der Waals surface area contributed by atoms with Gasteiger partial charge in [0.1, 0.15) is 11.2 Å². The number of nitrogens with zero attached hydrogens (tertiary/aromatic N) is 2. The second kappa shape index (κ2) is 6.72. The molecule has 0 saturated carbocycles. The first-order chi connectivity index (χ1) is 17.8. The van der Waals surface area contributed by atoms with Crippen molar-refractivity contribution in [3.8, 4) is 5.13 Å². The Bertz CT molecular complexity index is 2330. The van der Waals surface area contributed by atoms with Crippen molar-refractivity contribution in [1.29, 1.82) is 0 Å². The van der Waals surface area contributed by atoms with E-state index in [0.29, 0.717) is 0 Å². The maximum Gasteiger partial charge on any atom is 0.195 e. The zero-order valence-electron chi connectivity index (χ0n) is 18.9. The highest BCUT2D eigenvalue weighted by Gasteiger charge is 2.21. The third kappa shape index (κ3) is 2.34. The van der Waals surface area contributed by atoms with Crippen molar-refractivity contribution in [3.05, 3.63) is 97.1 Å². The fourth-order valence-corrected chi connectivity index (χ4v) is 8.09. The highest BCUT2D eigenvalue weighted by atomic mass is 32.1. The second-order valence-electron chi connectivity index (χ2n) is 9.17. The van der Waals surface area contributed by atoms with Crippen molar-refractivity contribution < 1.29 is 4.42 Å². The van der Waals surface area contributed by atoms with Gasteiger partial charge < -0.3 is 4.42 Å². The number of thiazole rings is 1. The van der Waals surface area contributed by atoms with Crippen LogP contribution in [0, 0.1) is 0 Å². The van der Waals surface area contributed by atoms with Crippen LogP contribution in [0.1, 0.15) is 0 Å². The van der Waals surface area contributed by atoms with Crippen molar-refractivity contribution in [2.24, 2.45) is 0 Å². The average molecular weight is 497 g/mol. The minimum atomic E-state index is 0.910. The van der Waals surface area contributed by atoms with Crippen molar-refractivity contribution in [2.75, 3.05) is 0 Å². The SMILES string of the molecule is c1ccc2c(c1)oc1ccc3nc(-n4c5ccccc5c5ccc6c7ccccc7sc6c54)sc3c12. The van der Waals surface area contributed by atoms with E-state index >= 15 is 0 Å². The monoisotopic (exact) mass is 496 g/mol. The Morgan fingerprint density at radius 2 is 1.36 bits per heavy atom. The number of furan rings is 1. The molecule has 0 amide bonds. The molecule has 3 nitrogen and oxygen atoms in total. The predicted octanol–water partition coefficient (Wildman–Crippen LogP) is 9.66. The third-order valence-electron chi connectivity index (χ3n) is 7.26. The van der Waals surface area contributed by atoms with Crippen LogP contribution < -0.4 is 0 Å². The molecule has 9 aromatic rings. The Morgan fingerprint density at radius 3 is 2.31 bits per heavy atom. The van der Waals surface area contributed by atoms with Crippen LogP contribution in [0.3, 0.4) is 0 Å². The Kier molecular flexibility index (Phi) is 3.56. The Morgan fingerprint density at radius 1 is 0.583 bits per heavy atom. The highest BCUT2D eigenvalue weighted by molar-refractivity contribution is 7.26. The molecular formula is C31H16N2OS2. The Hall–Kier alpha value is -4.19. The summed E-state index contributed by atoms with van der Waals surface area (Å²) in [6.07, 6.45) is 0. The van der Waals surface area contributed by atoms with Crippen LogP contribution in [-0.2, 0) is 0 Å². The lowest BCUT2D eigenvalue weighted by molar-refractivity contribution is 0.669. The van der Waals surface area contributed by atoms with E-state index in [-0.39, 0.29) is 0 Å². The minimum Gasteiger partial charge on any atom is -0.456 e. The maximum atomic E-state index is 6.17. The summed E-state index contributed by atoms with van der Waals surface area (Å²) < 4.78 is 12.3. The first-order valence-corrected chi connectivity index (χ1v) is 13.5. The van der Waals surface area contributed by atoms with E-state index in [2.05, 4.69) is 89.5 Å². The molecule has 5 heteroatoms. The van der Waals surface area contributed by atoms with E-state index in [1.807, 2.05) is 23.5 Å². The van der Waals surface area contributed by atoms with Crippen LogP contribution in [0.15, 0.2) is 101 Å². The van der Waals surface area contributed by atoms with Crippen LogP contribution >= 0.6 is 22.7 Å². The smallest absolute Gasteiger partial charge is 0.195 e. The number of hydrogen-bond donors (Lipinski definition) is 0. The lowest BCUT2D eigenvalue weighted by Crippen LogP contribution is -1.92. The van der Waals surface area contributed by atoms with Gasteiger partial charge in [0, 0.05) is 37.0 Å². The maximum absolute atomic E-state index is 6.17. The van der Waals surface area contributed by atoms with E-state index in [1.54, 1.807) is 11.3 Å². The van der Waals surface area contributed by atoms with Gasteiger partial charge in [0.25, 0.3) is 0 Å². The zero-order chi connectivity index (χ0) is 23.4. The molecule has 36 heavy (non-hydrogen) atoms. The van der Waals surface area contributed by atoms with Gasteiger partial charge in [-0.3, -0.25) is 4.57 Å². The lowest BCUT2D eigenvalue weighted by atomic mass is 10.1. The molecule has 0 bridgehead atoms. The Balaban J connectivity index is 1.47. The number of hydrogen-bond acceptors (Lipinski definition) is 4. The topological polar surface area (TPSA) is 31.0 Å². The van der Waals surface area contributed by atoms with Crippen LogP contribution in [-0.4, -0.2) is 9.55 Å². The molecule has 4 aromatic heterocycles. The van der Waals surface area contributed by atoms with Gasteiger partial charge in [0.2, 0.25) is 0 Å². The molecule has 0 fully saturated rings. The van der Waals surface area contributed by atoms with Crippen LogP contribution in [0.4, 0.5) is 0 Å². The van der Waals surface area contributed by atoms with Gasteiger partial charge in [-0.25, -0.2) is 4.98 Å². The molecule has 9 rings (SSSR count). The number of para-hydroxylation sites is 2. The summed E-state index contributed by atoms with van der Waals surface area (Å²) >= 11 is 3.61. The highest BCUT2D eigenvalue weighted by Crippen LogP contribution is 2.45. The predicted molar refractivity (Wildman–Crippen MR) is 154 cm³/mol. The van der Waals surface area contributed by atoms with Gasteiger partial charge in [0.15, 0.2) is 5.13 Å². The minimum absolute atomic E-state index is 0.910. The lowest BCUT2D eigenvalue weighted by Gasteiger charge is -2.03. The van der Waals surface area contributed by atoms with E-state index in [9.17, 15) is 0 Å². The van der Waals surface area contributed by atoms with Crippen molar-refractivity contribution in [1.82, 2.24) is 9.55 Å². The number of benzene rings is 5. The number of thiophene rings is 1. The summed E-state index contributed by atoms with van der Waals surface area (Å²) in [4.78, 5) is 5.20. The Labute approximate surface area is 212 Å². The molecule has 5 aromatic carbocycles. The molecule has 0 aliphatic rings. The fourth-order valence-electron chi connectivity index (χ4n) is 5.71. The second-order valence-corrected chi connectivity index (χ2v) is 11.2. The van der Waals surface area contributed by atoms with Crippen LogP contribution in [0.5, 0.6) is 0 Å². The summed E-state index contributed by atoms with van der Waals surface area (Å²) in [5, 5.41) is 8.41. The van der Waals surface area contributed by atoms with E-state index in [1.165, 1.54) is 46.7 Å². The molecule has 0 atom stereocenters. The third-order valence-corrected chi connectivity index (χ3v) is 9.52. The van der Waals surface area contributed by atoms with Crippen molar-refractivity contribution >= 4 is 96.8 Å². The van der Waals surface area contributed by atoms with Gasteiger partial charge in [0.05, 0.1) is 25.9 Å². The van der Waals surface area contributed by atoms with Gasteiger partial charge >= 0.3 is 0 Å². The van der Waals surface area contributed by atoms with E-state index in [0.717, 1.165) is 32.6 Å². The molecule has 4 heterocycles. The summed E-state index contributed by atoms with van der Waals surface area (Å²) in [6.45, 7) is 0. The summed E-state index contributed by atoms with van der Waals surface area (Å²) in [5.41, 5.74) is 5.25. The first-order valence-electron chi connectivity index (χ1n) is 11.9. The zero-order valence-corrected chi connectivity index (χ0v) is 20.5. The molecule has 0 saturated heterocycles. The quantitative estimate of drug-likeness (QED) is 0.226. The number of rotatable bonds is 1. The summed E-state index contributed by atoms with van der Waals surface area (Å²) in [7, 11) is 0. The molecule has 0 aliphatic carbocycles. The molecular weight excluding hydrogens is 480 g/mol. The van der Waals surface area contributed by atoms with Crippen molar-refractivity contribution in [3.63, 3.8) is 0 Å². The van der Waals surface area contributed by atoms with Gasteiger partial charge in [-0.05, 0) is 30.3 Å². The van der Waals surface area contributed by atoms with Gasteiger partial charge in [-0.15, -0.1) is 11.3 Å². The fraction of sp³-hybridized carbons (Fsp3) is 0. The number of fused-ring (bicyclic) bond motifs is 12. The van der Waals surface area contributed by atoms with Gasteiger partial charge in [-0.2, -0.15) is 0 Å². The van der Waals surface area contributed by atoms with Crippen molar-refractivity contribution in [2.45, 2.75) is 0 Å². The molecule has 0 radical (unpaired) electrons. The number of aromatic nitrogens is 2.